The van der Waals surface area contributed by atoms with E-state index in [2.05, 4.69) is 26.0 Å². The highest BCUT2D eigenvalue weighted by Gasteiger charge is 2.41. The molecule has 2 atom stereocenters. The van der Waals surface area contributed by atoms with Gasteiger partial charge in [-0.25, -0.2) is 0 Å². The van der Waals surface area contributed by atoms with Crippen LogP contribution >= 0.6 is 0 Å². The van der Waals surface area contributed by atoms with Crippen LogP contribution in [-0.2, 0) is 11.3 Å². The molecule has 0 saturated heterocycles. The molecule has 1 aromatic rings. The second-order valence-electron chi connectivity index (χ2n) is 8.15. The highest BCUT2D eigenvalue weighted by Crippen LogP contribution is 2.42. The van der Waals surface area contributed by atoms with Crippen LogP contribution in [0.2, 0.25) is 0 Å². The molecule has 4 nitrogen and oxygen atoms in total. The highest BCUT2D eigenvalue weighted by atomic mass is 16.5. The van der Waals surface area contributed by atoms with E-state index in [0.29, 0.717) is 24.4 Å². The fourth-order valence-electron chi connectivity index (χ4n) is 5.11. The maximum absolute atomic E-state index is 13.0. The van der Waals surface area contributed by atoms with Gasteiger partial charge in [0.25, 0.3) is 0 Å². The molecule has 138 valence electrons. The molecule has 2 unspecified atom stereocenters. The van der Waals surface area contributed by atoms with Crippen LogP contribution in [0.25, 0.3) is 0 Å². The van der Waals surface area contributed by atoms with Crippen molar-refractivity contribution in [3.05, 3.63) is 28.8 Å². The molecule has 0 aliphatic heterocycles. The summed E-state index contributed by atoms with van der Waals surface area (Å²) in [5.41, 5.74) is 9.78. The standard InChI is InChI=1S/C21H32N2O2/c1-13-8-15(9-14(2)20(13)25-4)12-23(3)21(24)18-10-16-6-5-7-17(11-18)19(16)22/h8-9,16-19H,5-7,10-12,22H2,1-4H3. The Morgan fingerprint density at radius 2 is 1.76 bits per heavy atom. The number of hydrogen-bond donors (Lipinski definition) is 1. The number of rotatable bonds is 4. The van der Waals surface area contributed by atoms with E-state index < -0.39 is 0 Å². The van der Waals surface area contributed by atoms with Crippen LogP contribution in [0.3, 0.4) is 0 Å². The molecule has 4 heteroatoms. The van der Waals surface area contributed by atoms with Crippen molar-refractivity contribution in [3.8, 4) is 5.75 Å². The van der Waals surface area contributed by atoms with Gasteiger partial charge in [0.1, 0.15) is 5.75 Å². The molecular weight excluding hydrogens is 312 g/mol. The first kappa shape index (κ1) is 18.2. The van der Waals surface area contributed by atoms with E-state index in [1.165, 1.54) is 24.8 Å². The number of carbonyl (C=O) groups excluding carboxylic acids is 1. The number of amides is 1. The van der Waals surface area contributed by atoms with Gasteiger partial charge in [-0.05, 0) is 68.1 Å². The fourth-order valence-corrected chi connectivity index (χ4v) is 5.11. The van der Waals surface area contributed by atoms with E-state index in [-0.39, 0.29) is 11.8 Å². The van der Waals surface area contributed by atoms with Crippen molar-refractivity contribution in [1.29, 1.82) is 0 Å². The average molecular weight is 344 g/mol. The third-order valence-corrected chi connectivity index (χ3v) is 6.28. The zero-order valence-electron chi connectivity index (χ0n) is 16.0. The molecule has 2 saturated carbocycles. The molecule has 1 aromatic carbocycles. The number of carbonyl (C=O) groups is 1. The summed E-state index contributed by atoms with van der Waals surface area (Å²) < 4.78 is 5.44. The first-order valence-electron chi connectivity index (χ1n) is 9.55. The Morgan fingerprint density at radius 3 is 2.28 bits per heavy atom. The van der Waals surface area contributed by atoms with Crippen LogP contribution in [0.15, 0.2) is 12.1 Å². The number of ether oxygens (including phenoxy) is 1. The first-order valence-corrected chi connectivity index (χ1v) is 9.55. The number of fused-ring (bicyclic) bond motifs is 2. The van der Waals surface area contributed by atoms with Gasteiger partial charge >= 0.3 is 0 Å². The lowest BCUT2D eigenvalue weighted by molar-refractivity contribution is -0.137. The molecule has 2 bridgehead atoms. The monoisotopic (exact) mass is 344 g/mol. The summed E-state index contributed by atoms with van der Waals surface area (Å²) >= 11 is 0. The van der Waals surface area contributed by atoms with E-state index in [1.54, 1.807) is 7.11 Å². The minimum absolute atomic E-state index is 0.153. The minimum atomic E-state index is 0.153. The van der Waals surface area contributed by atoms with Crippen LogP contribution in [0.1, 0.15) is 48.8 Å². The van der Waals surface area contributed by atoms with Gasteiger partial charge in [0.15, 0.2) is 0 Å². The van der Waals surface area contributed by atoms with E-state index in [9.17, 15) is 4.79 Å². The molecule has 0 radical (unpaired) electrons. The van der Waals surface area contributed by atoms with E-state index >= 15 is 0 Å². The first-order chi connectivity index (χ1) is 11.9. The number of nitrogens with zero attached hydrogens (tertiary/aromatic N) is 1. The van der Waals surface area contributed by atoms with Crippen LogP contribution < -0.4 is 10.5 Å². The molecule has 2 fully saturated rings. The maximum atomic E-state index is 13.0. The predicted octanol–water partition coefficient (Wildman–Crippen LogP) is 3.42. The van der Waals surface area contributed by atoms with Gasteiger partial charge in [-0.15, -0.1) is 0 Å². The Bertz CT molecular complexity index is 606. The molecule has 2 aliphatic carbocycles. The number of nitrogens with two attached hydrogens (primary N) is 1. The van der Waals surface area contributed by atoms with Crippen molar-refractivity contribution < 1.29 is 9.53 Å². The summed E-state index contributed by atoms with van der Waals surface area (Å²) in [6, 6.07) is 4.57. The smallest absolute Gasteiger partial charge is 0.225 e. The van der Waals surface area contributed by atoms with Crippen molar-refractivity contribution in [2.24, 2.45) is 23.5 Å². The Hall–Kier alpha value is -1.55. The molecule has 0 aromatic heterocycles. The molecule has 1 amide bonds. The number of hydrogen-bond acceptors (Lipinski definition) is 3. The number of methoxy groups -OCH3 is 1. The lowest BCUT2D eigenvalue weighted by atomic mass is 9.65. The van der Waals surface area contributed by atoms with Crippen molar-refractivity contribution in [2.75, 3.05) is 14.2 Å². The van der Waals surface area contributed by atoms with Crippen molar-refractivity contribution in [2.45, 2.75) is 58.5 Å². The molecule has 2 aliphatic rings. The summed E-state index contributed by atoms with van der Waals surface area (Å²) in [7, 11) is 3.64. The lowest BCUT2D eigenvalue weighted by Gasteiger charge is -2.44. The van der Waals surface area contributed by atoms with Gasteiger partial charge in [-0.1, -0.05) is 18.6 Å². The quantitative estimate of drug-likeness (QED) is 0.910. The minimum Gasteiger partial charge on any atom is -0.496 e. The zero-order valence-corrected chi connectivity index (χ0v) is 16.0. The zero-order chi connectivity index (χ0) is 18.1. The molecule has 0 heterocycles. The second-order valence-corrected chi connectivity index (χ2v) is 8.15. The Balaban J connectivity index is 1.67. The molecule has 25 heavy (non-hydrogen) atoms. The SMILES string of the molecule is COc1c(C)cc(CN(C)C(=O)C2CC3CCCC(C2)C3N)cc1C. The Kier molecular flexibility index (Phi) is 5.38. The van der Waals surface area contributed by atoms with Crippen LogP contribution in [0.5, 0.6) is 5.75 Å². The van der Waals surface area contributed by atoms with Gasteiger partial charge in [0, 0.05) is 25.6 Å². The van der Waals surface area contributed by atoms with Gasteiger partial charge < -0.3 is 15.4 Å². The third-order valence-electron chi connectivity index (χ3n) is 6.28. The Morgan fingerprint density at radius 1 is 1.20 bits per heavy atom. The van der Waals surface area contributed by atoms with Gasteiger partial charge in [0.05, 0.1) is 7.11 Å². The van der Waals surface area contributed by atoms with Crippen molar-refractivity contribution in [1.82, 2.24) is 4.90 Å². The molecule has 2 N–H and O–H groups in total. The average Bonchev–Trinajstić information content (AvgIpc) is 2.53. The van der Waals surface area contributed by atoms with E-state index in [4.69, 9.17) is 10.5 Å². The third kappa shape index (κ3) is 3.69. The normalized spacial score (nSPS) is 28.5. The van der Waals surface area contributed by atoms with Gasteiger partial charge in [-0.3, -0.25) is 4.79 Å². The van der Waals surface area contributed by atoms with Gasteiger partial charge in [-0.2, -0.15) is 0 Å². The van der Waals surface area contributed by atoms with Gasteiger partial charge in [0.2, 0.25) is 5.91 Å². The van der Waals surface area contributed by atoms with Crippen molar-refractivity contribution in [3.63, 3.8) is 0 Å². The fraction of sp³-hybridized carbons (Fsp3) is 0.667. The number of benzene rings is 1. The maximum Gasteiger partial charge on any atom is 0.225 e. The summed E-state index contributed by atoms with van der Waals surface area (Å²) in [4.78, 5) is 14.9. The van der Waals surface area contributed by atoms with Crippen molar-refractivity contribution >= 4 is 5.91 Å². The molecular formula is C21H32N2O2. The summed E-state index contributed by atoms with van der Waals surface area (Å²) in [5.74, 6) is 2.46. The lowest BCUT2D eigenvalue weighted by Crippen LogP contribution is -2.49. The predicted molar refractivity (Wildman–Crippen MR) is 100 cm³/mol. The molecule has 0 spiro atoms. The summed E-state index contributed by atoms with van der Waals surface area (Å²) in [6.07, 6.45) is 5.62. The summed E-state index contributed by atoms with van der Waals surface area (Å²) in [5, 5.41) is 0. The summed E-state index contributed by atoms with van der Waals surface area (Å²) in [6.45, 7) is 4.77. The number of aryl methyl sites for hydroxylation is 2. The molecule has 3 rings (SSSR count). The van der Waals surface area contributed by atoms with Crippen LogP contribution in [0.4, 0.5) is 0 Å². The highest BCUT2D eigenvalue weighted by molar-refractivity contribution is 5.78. The largest absolute Gasteiger partial charge is 0.496 e. The van der Waals surface area contributed by atoms with Crippen LogP contribution in [-0.4, -0.2) is 31.0 Å². The van der Waals surface area contributed by atoms with E-state index in [0.717, 1.165) is 29.7 Å². The van der Waals surface area contributed by atoms with E-state index in [1.807, 2.05) is 11.9 Å². The van der Waals surface area contributed by atoms with Crippen LogP contribution in [0, 0.1) is 31.6 Å². The topological polar surface area (TPSA) is 55.6 Å². The second kappa shape index (κ2) is 7.36. The Labute approximate surface area is 151 Å².